The highest BCUT2D eigenvalue weighted by Crippen LogP contribution is 2.31. The number of anilines is 1. The van der Waals surface area contributed by atoms with Crippen LogP contribution in [0.15, 0.2) is 18.2 Å². The molecule has 3 N–H and O–H groups in total. The van der Waals surface area contributed by atoms with Gasteiger partial charge in [-0.25, -0.2) is 0 Å². The SMILES string of the molecule is Cc1[nH]nc2cccc(N3CCCC(CN)C3)c12. The van der Waals surface area contributed by atoms with Gasteiger partial charge in [0.15, 0.2) is 0 Å². The first-order valence-electron chi connectivity index (χ1n) is 6.68. The summed E-state index contributed by atoms with van der Waals surface area (Å²) in [5.74, 6) is 0.626. The van der Waals surface area contributed by atoms with Crippen molar-refractivity contribution in [2.45, 2.75) is 19.8 Å². The summed E-state index contributed by atoms with van der Waals surface area (Å²) in [4.78, 5) is 2.46. The Balaban J connectivity index is 2.00. The van der Waals surface area contributed by atoms with Crippen molar-refractivity contribution in [3.63, 3.8) is 0 Å². The van der Waals surface area contributed by atoms with Crippen LogP contribution < -0.4 is 10.6 Å². The molecule has 0 bridgehead atoms. The number of nitrogens with one attached hydrogen (secondary N) is 1. The summed E-state index contributed by atoms with van der Waals surface area (Å²) in [6.45, 7) is 5.07. The van der Waals surface area contributed by atoms with Crippen LogP contribution in [0.2, 0.25) is 0 Å². The van der Waals surface area contributed by atoms with Gasteiger partial charge in [0.1, 0.15) is 0 Å². The van der Waals surface area contributed by atoms with E-state index >= 15 is 0 Å². The molecule has 0 saturated carbocycles. The molecule has 1 aliphatic heterocycles. The summed E-state index contributed by atoms with van der Waals surface area (Å²) in [5.41, 5.74) is 9.33. The average molecular weight is 244 g/mol. The van der Waals surface area contributed by atoms with E-state index in [-0.39, 0.29) is 0 Å². The molecule has 1 fully saturated rings. The van der Waals surface area contributed by atoms with Crippen molar-refractivity contribution >= 4 is 16.6 Å². The largest absolute Gasteiger partial charge is 0.371 e. The Labute approximate surface area is 107 Å². The first-order valence-corrected chi connectivity index (χ1v) is 6.68. The van der Waals surface area contributed by atoms with E-state index < -0.39 is 0 Å². The second kappa shape index (κ2) is 4.61. The molecule has 0 amide bonds. The molecule has 0 spiro atoms. The second-order valence-electron chi connectivity index (χ2n) is 5.21. The van der Waals surface area contributed by atoms with Gasteiger partial charge >= 0.3 is 0 Å². The van der Waals surface area contributed by atoms with Gasteiger partial charge in [-0.1, -0.05) is 6.07 Å². The van der Waals surface area contributed by atoms with Crippen LogP contribution in [0, 0.1) is 12.8 Å². The quantitative estimate of drug-likeness (QED) is 0.850. The second-order valence-corrected chi connectivity index (χ2v) is 5.21. The Morgan fingerprint density at radius 2 is 2.39 bits per heavy atom. The first-order chi connectivity index (χ1) is 8.79. The molecule has 0 radical (unpaired) electrons. The molecule has 2 heterocycles. The number of rotatable bonds is 2. The van der Waals surface area contributed by atoms with Crippen LogP contribution in [-0.2, 0) is 0 Å². The molecule has 1 atom stereocenters. The van der Waals surface area contributed by atoms with E-state index in [0.717, 1.165) is 30.8 Å². The van der Waals surface area contributed by atoms with Crippen LogP contribution in [0.4, 0.5) is 5.69 Å². The number of H-pyrrole nitrogens is 1. The van der Waals surface area contributed by atoms with Crippen molar-refractivity contribution in [3.05, 3.63) is 23.9 Å². The fourth-order valence-corrected chi connectivity index (χ4v) is 2.95. The van der Waals surface area contributed by atoms with E-state index in [1.807, 2.05) is 0 Å². The van der Waals surface area contributed by atoms with E-state index in [2.05, 4.69) is 40.2 Å². The molecular weight excluding hydrogens is 224 g/mol. The van der Waals surface area contributed by atoms with Crippen molar-refractivity contribution in [2.24, 2.45) is 11.7 Å². The van der Waals surface area contributed by atoms with Crippen LogP contribution in [0.1, 0.15) is 18.5 Å². The Morgan fingerprint density at radius 3 is 3.22 bits per heavy atom. The van der Waals surface area contributed by atoms with Crippen LogP contribution in [0.3, 0.4) is 0 Å². The summed E-state index contributed by atoms with van der Waals surface area (Å²) in [6, 6.07) is 6.35. The number of hydrogen-bond acceptors (Lipinski definition) is 3. The number of aromatic amines is 1. The summed E-state index contributed by atoms with van der Waals surface area (Å²) in [5, 5.41) is 8.68. The van der Waals surface area contributed by atoms with E-state index in [0.29, 0.717) is 5.92 Å². The third-order valence-electron chi connectivity index (χ3n) is 3.93. The maximum Gasteiger partial charge on any atom is 0.0944 e. The summed E-state index contributed by atoms with van der Waals surface area (Å²) in [7, 11) is 0. The molecule has 96 valence electrons. The lowest BCUT2D eigenvalue weighted by molar-refractivity contribution is 0.424. The summed E-state index contributed by atoms with van der Waals surface area (Å²) in [6.07, 6.45) is 2.49. The third-order valence-corrected chi connectivity index (χ3v) is 3.93. The minimum Gasteiger partial charge on any atom is -0.371 e. The van der Waals surface area contributed by atoms with Gasteiger partial charge in [0, 0.05) is 29.9 Å². The van der Waals surface area contributed by atoms with E-state index in [1.54, 1.807) is 0 Å². The molecule has 4 nitrogen and oxygen atoms in total. The molecule has 0 aliphatic carbocycles. The molecular formula is C14H20N4. The summed E-state index contributed by atoms with van der Waals surface area (Å²) < 4.78 is 0. The van der Waals surface area contributed by atoms with Gasteiger partial charge in [-0.15, -0.1) is 0 Å². The summed E-state index contributed by atoms with van der Waals surface area (Å²) >= 11 is 0. The minimum absolute atomic E-state index is 0.626. The minimum atomic E-state index is 0.626. The lowest BCUT2D eigenvalue weighted by atomic mass is 9.97. The zero-order chi connectivity index (χ0) is 12.5. The lowest BCUT2D eigenvalue weighted by Gasteiger charge is -2.34. The lowest BCUT2D eigenvalue weighted by Crippen LogP contribution is -2.38. The number of piperidine rings is 1. The normalized spacial score (nSPS) is 20.6. The monoisotopic (exact) mass is 244 g/mol. The highest BCUT2D eigenvalue weighted by Gasteiger charge is 2.21. The van der Waals surface area contributed by atoms with Gasteiger partial charge in [-0.05, 0) is 44.4 Å². The zero-order valence-corrected chi connectivity index (χ0v) is 10.8. The van der Waals surface area contributed by atoms with Gasteiger partial charge in [0.2, 0.25) is 0 Å². The fourth-order valence-electron chi connectivity index (χ4n) is 2.95. The number of aromatic nitrogens is 2. The maximum atomic E-state index is 5.82. The smallest absolute Gasteiger partial charge is 0.0944 e. The molecule has 3 rings (SSSR count). The molecule has 2 aromatic rings. The first kappa shape index (κ1) is 11.5. The van der Waals surface area contributed by atoms with Gasteiger partial charge in [0.25, 0.3) is 0 Å². The van der Waals surface area contributed by atoms with E-state index in [9.17, 15) is 0 Å². The number of nitrogens with zero attached hydrogens (tertiary/aromatic N) is 2. The Kier molecular flexibility index (Phi) is 2.96. The van der Waals surface area contributed by atoms with Crippen LogP contribution in [-0.4, -0.2) is 29.8 Å². The molecule has 1 aromatic heterocycles. The van der Waals surface area contributed by atoms with Crippen molar-refractivity contribution in [3.8, 4) is 0 Å². The zero-order valence-electron chi connectivity index (χ0n) is 10.8. The number of fused-ring (bicyclic) bond motifs is 1. The van der Waals surface area contributed by atoms with E-state index in [1.165, 1.54) is 23.9 Å². The molecule has 1 unspecified atom stereocenters. The topological polar surface area (TPSA) is 57.9 Å². The fraction of sp³-hybridized carbons (Fsp3) is 0.500. The molecule has 4 heteroatoms. The molecule has 1 saturated heterocycles. The van der Waals surface area contributed by atoms with Gasteiger partial charge in [-0.2, -0.15) is 5.10 Å². The molecule has 1 aliphatic rings. The number of hydrogen-bond donors (Lipinski definition) is 2. The van der Waals surface area contributed by atoms with Crippen molar-refractivity contribution < 1.29 is 0 Å². The Hall–Kier alpha value is -1.55. The molecule has 18 heavy (non-hydrogen) atoms. The van der Waals surface area contributed by atoms with Gasteiger partial charge in [-0.3, -0.25) is 5.10 Å². The predicted molar refractivity (Wildman–Crippen MR) is 74.8 cm³/mol. The van der Waals surface area contributed by atoms with Crippen LogP contribution >= 0.6 is 0 Å². The van der Waals surface area contributed by atoms with Crippen LogP contribution in [0.25, 0.3) is 10.9 Å². The predicted octanol–water partition coefficient (Wildman–Crippen LogP) is 2.05. The van der Waals surface area contributed by atoms with Gasteiger partial charge < -0.3 is 10.6 Å². The van der Waals surface area contributed by atoms with Gasteiger partial charge in [0.05, 0.1) is 5.52 Å². The Bertz CT molecular complexity index is 546. The van der Waals surface area contributed by atoms with E-state index in [4.69, 9.17) is 5.73 Å². The standard InChI is InChI=1S/C14H20N4/c1-10-14-12(17-16-10)5-2-6-13(14)18-7-3-4-11(8-15)9-18/h2,5-6,11H,3-4,7-9,15H2,1H3,(H,16,17). The van der Waals surface area contributed by atoms with Crippen molar-refractivity contribution in [2.75, 3.05) is 24.5 Å². The Morgan fingerprint density at radius 1 is 1.50 bits per heavy atom. The third kappa shape index (κ3) is 1.86. The van der Waals surface area contributed by atoms with Crippen molar-refractivity contribution in [1.82, 2.24) is 10.2 Å². The maximum absolute atomic E-state index is 5.82. The number of nitrogens with two attached hydrogens (primary N) is 1. The number of aryl methyl sites for hydroxylation is 1. The van der Waals surface area contributed by atoms with Crippen LogP contribution in [0.5, 0.6) is 0 Å². The highest BCUT2D eigenvalue weighted by atomic mass is 15.2. The molecule has 1 aromatic carbocycles. The highest BCUT2D eigenvalue weighted by molar-refractivity contribution is 5.94. The average Bonchev–Trinajstić information content (AvgIpc) is 2.81. The number of benzene rings is 1. The van der Waals surface area contributed by atoms with Crippen molar-refractivity contribution in [1.29, 1.82) is 0 Å².